The Morgan fingerprint density at radius 1 is 1.32 bits per heavy atom. The number of hydrogen-bond acceptors (Lipinski definition) is 3. The number of carbonyl (C=O) groups is 1. The van der Waals surface area contributed by atoms with Gasteiger partial charge in [-0.1, -0.05) is 18.2 Å². The number of hydrogen-bond donors (Lipinski definition) is 1. The molecule has 0 bridgehead atoms. The number of nitrogens with zero attached hydrogens (tertiary/aromatic N) is 4. The summed E-state index contributed by atoms with van der Waals surface area (Å²) in [6.45, 7) is 5.67. The highest BCUT2D eigenvalue weighted by molar-refractivity contribution is 5.87. The minimum Gasteiger partial charge on any atom is -0.338 e. The number of aromatic nitrogens is 4. The Morgan fingerprint density at radius 2 is 2.16 bits per heavy atom. The fraction of sp³-hybridized carbons (Fsp3) is 0.421. The number of H-pyrrole nitrogens is 1. The van der Waals surface area contributed by atoms with Crippen LogP contribution in [0.15, 0.2) is 30.3 Å². The molecule has 0 aliphatic carbocycles. The Bertz CT molecular complexity index is 910. The van der Waals surface area contributed by atoms with E-state index in [0.29, 0.717) is 6.42 Å². The summed E-state index contributed by atoms with van der Waals surface area (Å²) in [7, 11) is 0. The SMILES string of the molecule is Cc1cc(C)n(C[C@@H]2CCCN2C(=O)Cc2[nH]nc3ccccc23)n1. The number of benzene rings is 1. The third kappa shape index (κ3) is 3.04. The van der Waals surface area contributed by atoms with E-state index in [9.17, 15) is 4.79 Å². The van der Waals surface area contributed by atoms with E-state index in [0.717, 1.165) is 53.9 Å². The number of para-hydroxylation sites is 1. The fourth-order valence-corrected chi connectivity index (χ4v) is 3.82. The van der Waals surface area contributed by atoms with E-state index in [1.807, 2.05) is 40.8 Å². The molecule has 1 atom stereocenters. The fourth-order valence-electron chi connectivity index (χ4n) is 3.82. The highest BCUT2D eigenvalue weighted by Gasteiger charge is 2.30. The first-order valence-electron chi connectivity index (χ1n) is 8.84. The Kier molecular flexibility index (Phi) is 4.03. The molecule has 1 amide bonds. The van der Waals surface area contributed by atoms with Crippen LogP contribution in [0.2, 0.25) is 0 Å². The number of aryl methyl sites for hydroxylation is 2. The average molecular weight is 337 g/mol. The molecule has 25 heavy (non-hydrogen) atoms. The van der Waals surface area contributed by atoms with Crippen LogP contribution in [-0.4, -0.2) is 43.4 Å². The minimum atomic E-state index is 0.165. The molecule has 1 saturated heterocycles. The molecule has 1 N–H and O–H groups in total. The van der Waals surface area contributed by atoms with Gasteiger partial charge in [0.05, 0.1) is 35.9 Å². The zero-order valence-electron chi connectivity index (χ0n) is 14.7. The quantitative estimate of drug-likeness (QED) is 0.796. The highest BCUT2D eigenvalue weighted by atomic mass is 16.2. The molecule has 2 aromatic heterocycles. The van der Waals surface area contributed by atoms with Crippen molar-refractivity contribution in [2.45, 2.75) is 45.7 Å². The van der Waals surface area contributed by atoms with Crippen LogP contribution < -0.4 is 0 Å². The first-order valence-corrected chi connectivity index (χ1v) is 8.84. The van der Waals surface area contributed by atoms with Crippen LogP contribution in [0.1, 0.15) is 29.9 Å². The van der Waals surface area contributed by atoms with Gasteiger partial charge in [0.2, 0.25) is 5.91 Å². The summed E-state index contributed by atoms with van der Waals surface area (Å²) in [5.74, 6) is 0.165. The van der Waals surface area contributed by atoms with Crippen molar-refractivity contribution < 1.29 is 4.79 Å². The van der Waals surface area contributed by atoms with Crippen molar-refractivity contribution in [1.82, 2.24) is 24.9 Å². The second-order valence-electron chi connectivity index (χ2n) is 6.89. The molecule has 1 aromatic carbocycles. The van der Waals surface area contributed by atoms with E-state index in [2.05, 4.69) is 28.3 Å². The number of amides is 1. The molecule has 0 spiro atoms. The second-order valence-corrected chi connectivity index (χ2v) is 6.89. The van der Waals surface area contributed by atoms with E-state index >= 15 is 0 Å². The maximum absolute atomic E-state index is 12.9. The van der Waals surface area contributed by atoms with E-state index < -0.39 is 0 Å². The zero-order chi connectivity index (χ0) is 17.4. The molecular formula is C19H23N5O. The third-order valence-corrected chi connectivity index (χ3v) is 5.05. The van der Waals surface area contributed by atoms with Gasteiger partial charge < -0.3 is 4.90 Å². The van der Waals surface area contributed by atoms with Crippen molar-refractivity contribution in [2.75, 3.05) is 6.54 Å². The summed E-state index contributed by atoms with van der Waals surface area (Å²) in [5, 5.41) is 12.9. The van der Waals surface area contributed by atoms with Gasteiger partial charge in [-0.25, -0.2) is 0 Å². The average Bonchev–Trinajstić information content (AvgIpc) is 3.28. The van der Waals surface area contributed by atoms with Gasteiger partial charge in [-0.15, -0.1) is 0 Å². The van der Waals surface area contributed by atoms with E-state index in [1.54, 1.807) is 0 Å². The maximum Gasteiger partial charge on any atom is 0.228 e. The molecule has 0 radical (unpaired) electrons. The molecule has 3 heterocycles. The van der Waals surface area contributed by atoms with Gasteiger partial charge in [-0.3, -0.25) is 14.6 Å². The predicted octanol–water partition coefficient (Wildman–Crippen LogP) is 2.61. The summed E-state index contributed by atoms with van der Waals surface area (Å²) in [4.78, 5) is 14.9. The molecule has 1 aliphatic rings. The lowest BCUT2D eigenvalue weighted by Crippen LogP contribution is -2.39. The lowest BCUT2D eigenvalue weighted by atomic mass is 10.1. The summed E-state index contributed by atoms with van der Waals surface area (Å²) < 4.78 is 2.02. The van der Waals surface area contributed by atoms with Crippen LogP contribution in [0.4, 0.5) is 0 Å². The number of likely N-dealkylation sites (tertiary alicyclic amines) is 1. The van der Waals surface area contributed by atoms with Crippen LogP contribution in [-0.2, 0) is 17.8 Å². The molecule has 0 unspecified atom stereocenters. The molecule has 1 aliphatic heterocycles. The number of fused-ring (bicyclic) bond motifs is 1. The Labute approximate surface area is 146 Å². The van der Waals surface area contributed by atoms with Gasteiger partial charge in [-0.2, -0.15) is 10.2 Å². The van der Waals surface area contributed by atoms with Crippen molar-refractivity contribution >= 4 is 16.8 Å². The summed E-state index contributed by atoms with van der Waals surface area (Å²) in [6.07, 6.45) is 2.46. The molecular weight excluding hydrogens is 314 g/mol. The van der Waals surface area contributed by atoms with Gasteiger partial charge in [0.1, 0.15) is 0 Å². The van der Waals surface area contributed by atoms with Crippen molar-refractivity contribution in [3.8, 4) is 0 Å². The van der Waals surface area contributed by atoms with Gasteiger partial charge >= 0.3 is 0 Å². The van der Waals surface area contributed by atoms with Crippen LogP contribution in [0, 0.1) is 13.8 Å². The van der Waals surface area contributed by atoms with Gasteiger partial charge in [-0.05, 0) is 38.8 Å². The summed E-state index contributed by atoms with van der Waals surface area (Å²) in [5.41, 5.74) is 3.98. The standard InChI is InChI=1S/C19H23N5O/c1-13-10-14(2)24(22-13)12-15-6-5-9-23(15)19(25)11-18-16-7-3-4-8-17(16)20-21-18/h3-4,7-8,10,15H,5-6,9,11-12H2,1-2H3,(H,20,21)/t15-/m0/s1. The van der Waals surface area contributed by atoms with Crippen molar-refractivity contribution in [3.05, 3.63) is 47.4 Å². The maximum atomic E-state index is 12.9. The first kappa shape index (κ1) is 15.9. The predicted molar refractivity (Wildman–Crippen MR) is 96.2 cm³/mol. The lowest BCUT2D eigenvalue weighted by Gasteiger charge is -2.25. The largest absolute Gasteiger partial charge is 0.338 e. The number of rotatable bonds is 4. The topological polar surface area (TPSA) is 66.8 Å². The Balaban J connectivity index is 1.50. The van der Waals surface area contributed by atoms with Crippen molar-refractivity contribution in [2.24, 2.45) is 0 Å². The number of nitrogens with one attached hydrogen (secondary N) is 1. The normalized spacial score (nSPS) is 17.5. The van der Waals surface area contributed by atoms with Gasteiger partial charge in [0, 0.05) is 17.6 Å². The Morgan fingerprint density at radius 3 is 2.96 bits per heavy atom. The molecule has 6 nitrogen and oxygen atoms in total. The third-order valence-electron chi connectivity index (χ3n) is 5.05. The van der Waals surface area contributed by atoms with E-state index in [-0.39, 0.29) is 11.9 Å². The minimum absolute atomic E-state index is 0.165. The van der Waals surface area contributed by atoms with Crippen LogP contribution in [0.5, 0.6) is 0 Å². The van der Waals surface area contributed by atoms with Crippen molar-refractivity contribution in [3.63, 3.8) is 0 Å². The number of aromatic amines is 1. The van der Waals surface area contributed by atoms with Crippen LogP contribution in [0.3, 0.4) is 0 Å². The molecule has 4 rings (SSSR count). The zero-order valence-corrected chi connectivity index (χ0v) is 14.7. The van der Waals surface area contributed by atoms with Gasteiger partial charge in [0.15, 0.2) is 0 Å². The van der Waals surface area contributed by atoms with Crippen LogP contribution >= 0.6 is 0 Å². The summed E-state index contributed by atoms with van der Waals surface area (Å²) >= 11 is 0. The van der Waals surface area contributed by atoms with Crippen LogP contribution in [0.25, 0.3) is 10.9 Å². The van der Waals surface area contributed by atoms with E-state index in [1.165, 1.54) is 0 Å². The smallest absolute Gasteiger partial charge is 0.228 e. The van der Waals surface area contributed by atoms with Crippen molar-refractivity contribution in [1.29, 1.82) is 0 Å². The summed E-state index contributed by atoms with van der Waals surface area (Å²) in [6, 6.07) is 10.2. The molecule has 1 fully saturated rings. The van der Waals surface area contributed by atoms with E-state index in [4.69, 9.17) is 0 Å². The molecule has 3 aromatic rings. The number of carbonyl (C=O) groups excluding carboxylic acids is 1. The molecule has 130 valence electrons. The van der Waals surface area contributed by atoms with Gasteiger partial charge in [0.25, 0.3) is 0 Å². The molecule has 0 saturated carbocycles. The lowest BCUT2D eigenvalue weighted by molar-refractivity contribution is -0.131. The Hall–Kier alpha value is -2.63. The highest BCUT2D eigenvalue weighted by Crippen LogP contribution is 2.22. The second kappa shape index (κ2) is 6.35. The monoisotopic (exact) mass is 337 g/mol. The molecule has 6 heteroatoms. The first-order chi connectivity index (χ1) is 12.1.